The van der Waals surface area contributed by atoms with Crippen molar-refractivity contribution in [2.75, 3.05) is 20.1 Å². The van der Waals surface area contributed by atoms with Gasteiger partial charge in [0.15, 0.2) is 0 Å². The van der Waals surface area contributed by atoms with Crippen LogP contribution >= 0.6 is 0 Å². The Balaban J connectivity index is 1.70. The van der Waals surface area contributed by atoms with E-state index in [1.54, 1.807) is 0 Å². The summed E-state index contributed by atoms with van der Waals surface area (Å²) in [5.41, 5.74) is 0.650. The molecule has 0 radical (unpaired) electrons. The first-order chi connectivity index (χ1) is 8.15. The van der Waals surface area contributed by atoms with Crippen LogP contribution in [0.1, 0.15) is 18.4 Å². The monoisotopic (exact) mass is 240 g/mol. The lowest BCUT2D eigenvalue weighted by Crippen LogP contribution is -2.30. The molecule has 1 aromatic rings. The minimum absolute atomic E-state index is 0.507. The van der Waals surface area contributed by atoms with Gasteiger partial charge < -0.3 is 10.2 Å². The normalized spacial score (nSPS) is 15.5. The molecule has 0 unspecified atom stereocenters. The molecule has 0 heterocycles. The minimum atomic E-state index is -0.517. The molecule has 0 amide bonds. The Labute approximate surface area is 101 Å². The van der Waals surface area contributed by atoms with Gasteiger partial charge in [0.2, 0.25) is 0 Å². The van der Waals surface area contributed by atoms with Gasteiger partial charge >= 0.3 is 0 Å². The summed E-state index contributed by atoms with van der Waals surface area (Å²) < 4.78 is 25.8. The quantitative estimate of drug-likeness (QED) is 0.766. The van der Waals surface area contributed by atoms with E-state index in [2.05, 4.69) is 17.3 Å². The van der Waals surface area contributed by atoms with Crippen LogP contribution in [0, 0.1) is 11.6 Å². The molecule has 1 aromatic carbocycles. The second-order valence-corrected chi connectivity index (χ2v) is 4.67. The predicted octanol–water partition coefficient (Wildman–Crippen LogP) is 2.15. The van der Waals surface area contributed by atoms with Gasteiger partial charge in [-0.1, -0.05) is 0 Å². The molecule has 0 aromatic heterocycles. The summed E-state index contributed by atoms with van der Waals surface area (Å²) in [7, 11) is 2.11. The third-order valence-corrected chi connectivity index (χ3v) is 3.06. The zero-order valence-electron chi connectivity index (χ0n) is 10.0. The summed E-state index contributed by atoms with van der Waals surface area (Å²) >= 11 is 0. The lowest BCUT2D eigenvalue weighted by atomic mass is 10.2. The summed E-state index contributed by atoms with van der Waals surface area (Å²) in [5, 5.41) is 3.19. The van der Waals surface area contributed by atoms with Crippen molar-refractivity contribution in [2.45, 2.75) is 25.4 Å². The molecule has 0 aliphatic heterocycles. The Morgan fingerprint density at radius 1 is 1.24 bits per heavy atom. The van der Waals surface area contributed by atoms with Crippen molar-refractivity contribution in [2.24, 2.45) is 0 Å². The van der Waals surface area contributed by atoms with Gasteiger partial charge in [-0.3, -0.25) is 0 Å². The zero-order chi connectivity index (χ0) is 12.3. The fourth-order valence-electron chi connectivity index (χ4n) is 1.90. The average Bonchev–Trinajstić information content (AvgIpc) is 3.06. The first-order valence-electron chi connectivity index (χ1n) is 6.01. The maximum atomic E-state index is 12.9. The number of likely N-dealkylation sites (N-methyl/N-ethyl adjacent to an activating group) is 1. The van der Waals surface area contributed by atoms with E-state index in [1.807, 2.05) is 0 Å². The molecule has 2 nitrogen and oxygen atoms in total. The number of halogens is 2. The highest BCUT2D eigenvalue weighted by Crippen LogP contribution is 2.24. The van der Waals surface area contributed by atoms with E-state index < -0.39 is 11.6 Å². The van der Waals surface area contributed by atoms with Gasteiger partial charge in [-0.25, -0.2) is 8.78 Å². The molecule has 1 saturated carbocycles. The fourth-order valence-corrected chi connectivity index (χ4v) is 1.90. The van der Waals surface area contributed by atoms with E-state index in [1.165, 1.54) is 25.0 Å². The molecule has 2 rings (SSSR count). The van der Waals surface area contributed by atoms with Crippen LogP contribution in [-0.2, 0) is 6.54 Å². The Morgan fingerprint density at radius 2 is 1.88 bits per heavy atom. The molecule has 0 atom stereocenters. The van der Waals surface area contributed by atoms with Gasteiger partial charge in [-0.05, 0) is 37.6 Å². The highest BCUT2D eigenvalue weighted by atomic mass is 19.1. The van der Waals surface area contributed by atoms with Crippen molar-refractivity contribution < 1.29 is 8.78 Å². The number of rotatable bonds is 6. The van der Waals surface area contributed by atoms with Crippen LogP contribution in [0.5, 0.6) is 0 Å². The molecule has 0 spiro atoms. The van der Waals surface area contributed by atoms with E-state index in [9.17, 15) is 8.78 Å². The summed E-state index contributed by atoms with van der Waals surface area (Å²) in [6.07, 6.45) is 2.59. The summed E-state index contributed by atoms with van der Waals surface area (Å²) in [6, 6.07) is 4.37. The Hall–Kier alpha value is -1.00. The molecule has 0 bridgehead atoms. The van der Waals surface area contributed by atoms with Gasteiger partial charge in [0, 0.05) is 31.7 Å². The van der Waals surface area contributed by atoms with Crippen molar-refractivity contribution in [3.63, 3.8) is 0 Å². The maximum absolute atomic E-state index is 12.9. The highest BCUT2D eigenvalue weighted by Gasteiger charge is 2.25. The number of nitrogens with zero attached hydrogens (tertiary/aromatic N) is 1. The van der Waals surface area contributed by atoms with Gasteiger partial charge in [0.25, 0.3) is 0 Å². The lowest BCUT2D eigenvalue weighted by Gasteiger charge is -2.15. The minimum Gasteiger partial charge on any atom is -0.311 e. The van der Waals surface area contributed by atoms with Crippen LogP contribution in [-0.4, -0.2) is 31.1 Å². The van der Waals surface area contributed by atoms with Gasteiger partial charge in [0.05, 0.1) is 0 Å². The van der Waals surface area contributed by atoms with E-state index in [4.69, 9.17) is 0 Å². The average molecular weight is 240 g/mol. The Kier molecular flexibility index (Phi) is 4.07. The van der Waals surface area contributed by atoms with E-state index >= 15 is 0 Å². The first kappa shape index (κ1) is 12.5. The third kappa shape index (κ3) is 4.06. The van der Waals surface area contributed by atoms with Gasteiger partial charge in [0.1, 0.15) is 11.6 Å². The van der Waals surface area contributed by atoms with Crippen molar-refractivity contribution in [1.29, 1.82) is 0 Å². The molecular weight excluding hydrogens is 222 g/mol. The molecular formula is C13H18F2N2. The smallest absolute Gasteiger partial charge is 0.126 e. The van der Waals surface area contributed by atoms with Crippen LogP contribution in [0.3, 0.4) is 0 Å². The van der Waals surface area contributed by atoms with E-state index in [0.717, 1.165) is 25.2 Å². The third-order valence-electron chi connectivity index (χ3n) is 3.06. The molecule has 1 aliphatic rings. The number of benzene rings is 1. The van der Waals surface area contributed by atoms with Crippen molar-refractivity contribution in [1.82, 2.24) is 10.2 Å². The number of hydrogen-bond donors (Lipinski definition) is 1. The van der Waals surface area contributed by atoms with Crippen molar-refractivity contribution >= 4 is 0 Å². The van der Waals surface area contributed by atoms with Crippen molar-refractivity contribution in [3.8, 4) is 0 Å². The summed E-state index contributed by atoms with van der Waals surface area (Å²) in [6.45, 7) is 2.32. The maximum Gasteiger partial charge on any atom is 0.126 e. The molecule has 17 heavy (non-hydrogen) atoms. The number of nitrogens with one attached hydrogen (secondary N) is 1. The first-order valence-corrected chi connectivity index (χ1v) is 6.01. The molecule has 4 heteroatoms. The van der Waals surface area contributed by atoms with Gasteiger partial charge in [-0.15, -0.1) is 0 Å². The lowest BCUT2D eigenvalue weighted by molar-refractivity contribution is 0.321. The van der Waals surface area contributed by atoms with Crippen LogP contribution in [0.2, 0.25) is 0 Å². The largest absolute Gasteiger partial charge is 0.311 e. The molecule has 1 fully saturated rings. The second kappa shape index (κ2) is 5.56. The SMILES string of the molecule is CN(CCNCc1cc(F)cc(F)c1)C1CC1. The highest BCUT2D eigenvalue weighted by molar-refractivity contribution is 5.17. The Morgan fingerprint density at radius 3 is 2.47 bits per heavy atom. The van der Waals surface area contributed by atoms with E-state index in [0.29, 0.717) is 12.1 Å². The zero-order valence-corrected chi connectivity index (χ0v) is 10.0. The molecule has 1 aliphatic carbocycles. The van der Waals surface area contributed by atoms with Crippen LogP contribution in [0.25, 0.3) is 0 Å². The van der Waals surface area contributed by atoms with Gasteiger partial charge in [-0.2, -0.15) is 0 Å². The molecule has 1 N–H and O–H groups in total. The van der Waals surface area contributed by atoms with Crippen LogP contribution < -0.4 is 5.32 Å². The predicted molar refractivity (Wildman–Crippen MR) is 63.7 cm³/mol. The van der Waals surface area contributed by atoms with E-state index in [-0.39, 0.29) is 0 Å². The Bertz CT molecular complexity index is 357. The topological polar surface area (TPSA) is 15.3 Å². The summed E-state index contributed by atoms with van der Waals surface area (Å²) in [4.78, 5) is 2.32. The molecule has 0 saturated heterocycles. The van der Waals surface area contributed by atoms with Crippen LogP contribution in [0.15, 0.2) is 18.2 Å². The van der Waals surface area contributed by atoms with Crippen molar-refractivity contribution in [3.05, 3.63) is 35.4 Å². The van der Waals surface area contributed by atoms with Crippen LogP contribution in [0.4, 0.5) is 8.78 Å². The summed E-state index contributed by atoms with van der Waals surface area (Å²) in [5.74, 6) is -1.03. The standard InChI is InChI=1S/C13H18F2N2/c1-17(13-2-3-13)5-4-16-9-10-6-11(14)8-12(15)7-10/h6-8,13,16H,2-5,9H2,1H3. The molecule has 94 valence electrons. The second-order valence-electron chi connectivity index (χ2n) is 4.67. The number of hydrogen-bond acceptors (Lipinski definition) is 2. The fraction of sp³-hybridized carbons (Fsp3) is 0.538.